The molecular formula is C6H7Br2N. The summed E-state index contributed by atoms with van der Waals surface area (Å²) >= 11 is 6.82. The van der Waals surface area contributed by atoms with E-state index in [-0.39, 0.29) is 0 Å². The van der Waals surface area contributed by atoms with Crippen molar-refractivity contribution in [2.75, 3.05) is 7.05 Å². The van der Waals surface area contributed by atoms with Gasteiger partial charge >= 0.3 is 0 Å². The smallest absolute Gasteiger partial charge is 0.0814 e. The van der Waals surface area contributed by atoms with Crippen LogP contribution in [0, 0.1) is 0 Å². The van der Waals surface area contributed by atoms with E-state index in [2.05, 4.69) is 44.0 Å². The molecule has 1 rings (SSSR count). The first kappa shape index (κ1) is 7.35. The third kappa shape index (κ3) is 1.58. The Morgan fingerprint density at radius 1 is 1.33 bits per heavy atom. The van der Waals surface area contributed by atoms with Gasteiger partial charge in [-0.3, -0.25) is 0 Å². The van der Waals surface area contributed by atoms with Gasteiger partial charge in [-0.15, -0.1) is 0 Å². The Morgan fingerprint density at radius 2 is 1.78 bits per heavy atom. The van der Waals surface area contributed by atoms with Gasteiger partial charge in [0.25, 0.3) is 0 Å². The second kappa shape index (κ2) is 2.88. The minimum Gasteiger partial charge on any atom is -0.334 e. The number of rotatable bonds is 0. The van der Waals surface area contributed by atoms with E-state index in [0.29, 0.717) is 0 Å². The molecule has 0 N–H and O–H groups in total. The quantitative estimate of drug-likeness (QED) is 0.600. The zero-order valence-corrected chi connectivity index (χ0v) is 8.24. The summed E-state index contributed by atoms with van der Waals surface area (Å²) < 4.78 is 2.24. The molecule has 0 amide bonds. The van der Waals surface area contributed by atoms with E-state index in [1.165, 1.54) is 0 Å². The molecule has 0 aromatic rings. The van der Waals surface area contributed by atoms with Crippen molar-refractivity contribution in [3.63, 3.8) is 0 Å². The van der Waals surface area contributed by atoms with E-state index in [4.69, 9.17) is 0 Å². The third-order valence-electron chi connectivity index (χ3n) is 1.21. The zero-order valence-electron chi connectivity index (χ0n) is 5.06. The van der Waals surface area contributed by atoms with E-state index >= 15 is 0 Å². The highest BCUT2D eigenvalue weighted by atomic mass is 79.9. The van der Waals surface area contributed by atoms with Gasteiger partial charge in [-0.25, -0.2) is 0 Å². The largest absolute Gasteiger partial charge is 0.334 e. The predicted molar refractivity (Wildman–Crippen MR) is 46.4 cm³/mol. The highest BCUT2D eigenvalue weighted by Crippen LogP contribution is 2.25. The lowest BCUT2D eigenvalue weighted by Crippen LogP contribution is -2.11. The number of halogens is 2. The summed E-state index contributed by atoms with van der Waals surface area (Å²) in [6, 6.07) is 0. The van der Waals surface area contributed by atoms with Gasteiger partial charge in [-0.2, -0.15) is 0 Å². The predicted octanol–water partition coefficient (Wildman–Crippen LogP) is 2.79. The Hall–Kier alpha value is 0.240. The molecule has 0 unspecified atom stereocenters. The van der Waals surface area contributed by atoms with Crippen molar-refractivity contribution in [1.29, 1.82) is 0 Å². The summed E-state index contributed by atoms with van der Waals surface area (Å²) in [5, 5.41) is 0. The van der Waals surface area contributed by atoms with Crippen LogP contribution in [0.15, 0.2) is 21.4 Å². The lowest BCUT2D eigenvalue weighted by molar-refractivity contribution is 0.590. The van der Waals surface area contributed by atoms with Crippen molar-refractivity contribution in [3.05, 3.63) is 21.4 Å². The van der Waals surface area contributed by atoms with Crippen LogP contribution in [0.3, 0.4) is 0 Å². The van der Waals surface area contributed by atoms with Gasteiger partial charge in [0, 0.05) is 7.05 Å². The molecule has 0 aliphatic carbocycles. The van der Waals surface area contributed by atoms with Crippen LogP contribution in [-0.2, 0) is 0 Å². The molecule has 0 radical (unpaired) electrons. The van der Waals surface area contributed by atoms with Crippen LogP contribution < -0.4 is 0 Å². The summed E-state index contributed by atoms with van der Waals surface area (Å²) in [7, 11) is 2.00. The Labute approximate surface area is 71.7 Å². The van der Waals surface area contributed by atoms with E-state index in [9.17, 15) is 0 Å². The van der Waals surface area contributed by atoms with Gasteiger partial charge in [0.05, 0.1) is 9.21 Å². The van der Waals surface area contributed by atoms with E-state index in [0.717, 1.165) is 15.6 Å². The van der Waals surface area contributed by atoms with Crippen molar-refractivity contribution in [2.45, 2.75) is 6.42 Å². The molecule has 50 valence electrons. The number of allylic oxidation sites excluding steroid dienone is 2. The van der Waals surface area contributed by atoms with Crippen molar-refractivity contribution >= 4 is 31.9 Å². The van der Waals surface area contributed by atoms with E-state index in [1.807, 2.05) is 11.9 Å². The van der Waals surface area contributed by atoms with Gasteiger partial charge in [-0.1, -0.05) is 0 Å². The Bertz CT molecular complexity index is 154. The van der Waals surface area contributed by atoms with Crippen LogP contribution in [0.5, 0.6) is 0 Å². The topological polar surface area (TPSA) is 3.24 Å². The molecule has 1 aliphatic rings. The highest BCUT2D eigenvalue weighted by Gasteiger charge is 2.06. The maximum atomic E-state index is 3.41. The van der Waals surface area contributed by atoms with Crippen LogP contribution in [0.4, 0.5) is 0 Å². The second-order valence-corrected chi connectivity index (χ2v) is 3.47. The van der Waals surface area contributed by atoms with Crippen LogP contribution in [0.25, 0.3) is 0 Å². The molecule has 3 heteroatoms. The zero-order chi connectivity index (χ0) is 6.85. The van der Waals surface area contributed by atoms with E-state index in [1.54, 1.807) is 0 Å². The van der Waals surface area contributed by atoms with Crippen molar-refractivity contribution in [1.82, 2.24) is 4.90 Å². The standard InChI is InChI=1S/C6H7Br2N/c1-9-5(7)3-2-4-6(9)8/h3-4H,2H2,1H3. The number of hydrogen-bond donors (Lipinski definition) is 0. The number of hydrogen-bond acceptors (Lipinski definition) is 1. The molecule has 0 aromatic carbocycles. The van der Waals surface area contributed by atoms with Crippen LogP contribution in [0.2, 0.25) is 0 Å². The lowest BCUT2D eigenvalue weighted by atomic mass is 10.3. The molecule has 1 heterocycles. The first-order valence-electron chi connectivity index (χ1n) is 2.67. The molecule has 0 bridgehead atoms. The molecule has 0 saturated carbocycles. The van der Waals surface area contributed by atoms with Gasteiger partial charge in [0.1, 0.15) is 0 Å². The normalized spacial score (nSPS) is 19.2. The SMILES string of the molecule is CN1C(Br)=CCC=C1Br. The Morgan fingerprint density at radius 3 is 2.11 bits per heavy atom. The minimum absolute atomic E-state index is 1.01. The molecule has 0 fully saturated rings. The summed E-state index contributed by atoms with van der Waals surface area (Å²) in [6.45, 7) is 0. The number of nitrogens with zero attached hydrogens (tertiary/aromatic N) is 1. The monoisotopic (exact) mass is 251 g/mol. The molecule has 1 nitrogen and oxygen atoms in total. The van der Waals surface area contributed by atoms with Crippen LogP contribution >= 0.6 is 31.9 Å². The molecule has 1 aliphatic heterocycles. The molecule has 0 aromatic heterocycles. The molecule has 0 saturated heterocycles. The third-order valence-corrected chi connectivity index (χ3v) is 2.92. The Balaban J connectivity index is 2.74. The van der Waals surface area contributed by atoms with Crippen molar-refractivity contribution in [2.24, 2.45) is 0 Å². The van der Waals surface area contributed by atoms with Gasteiger partial charge in [0.2, 0.25) is 0 Å². The van der Waals surface area contributed by atoms with Crippen molar-refractivity contribution < 1.29 is 0 Å². The average Bonchev–Trinajstić information content (AvgIpc) is 1.83. The molecule has 9 heavy (non-hydrogen) atoms. The highest BCUT2D eigenvalue weighted by molar-refractivity contribution is 9.12. The fraction of sp³-hybridized carbons (Fsp3) is 0.333. The summed E-state index contributed by atoms with van der Waals surface area (Å²) in [4.78, 5) is 2.03. The minimum atomic E-state index is 1.01. The summed E-state index contributed by atoms with van der Waals surface area (Å²) in [5.41, 5.74) is 0. The van der Waals surface area contributed by atoms with Crippen LogP contribution in [0.1, 0.15) is 6.42 Å². The molecular weight excluding hydrogens is 246 g/mol. The van der Waals surface area contributed by atoms with Gasteiger partial charge in [0.15, 0.2) is 0 Å². The van der Waals surface area contributed by atoms with Crippen LogP contribution in [-0.4, -0.2) is 11.9 Å². The first-order chi connectivity index (χ1) is 4.22. The fourth-order valence-corrected chi connectivity index (χ4v) is 1.62. The lowest BCUT2D eigenvalue weighted by Gasteiger charge is -2.20. The molecule has 0 spiro atoms. The first-order valence-corrected chi connectivity index (χ1v) is 4.25. The second-order valence-electron chi connectivity index (χ2n) is 1.85. The van der Waals surface area contributed by atoms with Gasteiger partial charge < -0.3 is 4.90 Å². The fourth-order valence-electron chi connectivity index (χ4n) is 0.629. The maximum Gasteiger partial charge on any atom is 0.0814 e. The summed E-state index contributed by atoms with van der Waals surface area (Å²) in [5.74, 6) is 0. The Kier molecular flexibility index (Phi) is 2.35. The molecule has 0 atom stereocenters. The summed E-state index contributed by atoms with van der Waals surface area (Å²) in [6.07, 6.45) is 5.24. The maximum absolute atomic E-state index is 3.41. The van der Waals surface area contributed by atoms with E-state index < -0.39 is 0 Å². The van der Waals surface area contributed by atoms with Gasteiger partial charge in [-0.05, 0) is 50.4 Å². The van der Waals surface area contributed by atoms with Crippen molar-refractivity contribution in [3.8, 4) is 0 Å². The average molecular weight is 253 g/mol.